The molecule has 1 saturated carbocycles. The average molecular weight is 476 g/mol. The molecule has 1 aliphatic heterocycles. The van der Waals surface area contributed by atoms with Gasteiger partial charge in [-0.2, -0.15) is 5.10 Å². The standard InChI is InChI=1S/C23H25N9O3/c1-12-9-18(28-30(12)2)31-8-4-5-14(23(31)34)26-20-13-6-7-24-19(13)21-25-11-16(32(21)29-20)22(33)27-15-10-17(15)35-3/h4-5,8-9,11,15,17,24H,6-7,10H2,1-3H3,(H,26,29)(H,27,33)/t15-,17+/m1/s1. The largest absolute Gasteiger partial charge is 0.381 e. The Morgan fingerprint density at radius 3 is 2.91 bits per heavy atom. The second-order valence-corrected chi connectivity index (χ2v) is 8.84. The lowest BCUT2D eigenvalue weighted by Gasteiger charge is -2.13. The molecule has 0 saturated heterocycles. The molecule has 4 aromatic heterocycles. The third-order valence-electron chi connectivity index (χ3n) is 6.56. The van der Waals surface area contributed by atoms with Crippen molar-refractivity contribution in [2.45, 2.75) is 31.9 Å². The van der Waals surface area contributed by atoms with E-state index in [2.05, 4.69) is 26.0 Å². The zero-order chi connectivity index (χ0) is 24.3. The van der Waals surface area contributed by atoms with Gasteiger partial charge in [0.1, 0.15) is 5.69 Å². The van der Waals surface area contributed by atoms with Gasteiger partial charge in [-0.05, 0) is 31.9 Å². The summed E-state index contributed by atoms with van der Waals surface area (Å²) in [7, 11) is 3.46. The topological polar surface area (TPSA) is 132 Å². The fraction of sp³-hybridized carbons (Fsp3) is 0.348. The van der Waals surface area contributed by atoms with E-state index in [0.717, 1.165) is 23.4 Å². The fourth-order valence-electron chi connectivity index (χ4n) is 4.41. The molecule has 4 aromatic rings. The smallest absolute Gasteiger partial charge is 0.280 e. The highest BCUT2D eigenvalue weighted by Gasteiger charge is 2.39. The molecule has 5 heterocycles. The van der Waals surface area contributed by atoms with Crippen LogP contribution in [0.25, 0.3) is 11.5 Å². The lowest BCUT2D eigenvalue weighted by atomic mass is 10.2. The van der Waals surface area contributed by atoms with E-state index in [0.29, 0.717) is 41.6 Å². The minimum Gasteiger partial charge on any atom is -0.381 e. The zero-order valence-electron chi connectivity index (χ0n) is 19.6. The van der Waals surface area contributed by atoms with Gasteiger partial charge in [0.25, 0.3) is 11.5 Å². The number of methoxy groups -OCH3 is 1. The number of imidazole rings is 1. The van der Waals surface area contributed by atoms with E-state index in [1.807, 2.05) is 20.0 Å². The molecule has 2 atom stereocenters. The lowest BCUT2D eigenvalue weighted by molar-refractivity contribution is 0.0928. The Morgan fingerprint density at radius 2 is 2.17 bits per heavy atom. The van der Waals surface area contributed by atoms with E-state index in [-0.39, 0.29) is 23.6 Å². The van der Waals surface area contributed by atoms with Crippen LogP contribution in [0.1, 0.15) is 28.2 Å². The number of anilines is 3. The number of carbonyl (C=O) groups excluding carboxylic acids is 1. The molecule has 12 nitrogen and oxygen atoms in total. The van der Waals surface area contributed by atoms with Gasteiger partial charge < -0.3 is 20.7 Å². The molecule has 0 aromatic carbocycles. The number of rotatable bonds is 6. The molecule has 0 spiro atoms. The molecule has 1 fully saturated rings. The number of carbonyl (C=O) groups is 1. The molecule has 12 heteroatoms. The van der Waals surface area contributed by atoms with E-state index in [1.165, 1.54) is 15.3 Å². The van der Waals surface area contributed by atoms with Crippen molar-refractivity contribution in [2.24, 2.45) is 7.05 Å². The summed E-state index contributed by atoms with van der Waals surface area (Å²) < 4.78 is 10.0. The molecule has 0 bridgehead atoms. The maximum Gasteiger partial charge on any atom is 0.280 e. The molecule has 0 radical (unpaired) electrons. The van der Waals surface area contributed by atoms with Crippen LogP contribution >= 0.6 is 0 Å². The lowest BCUT2D eigenvalue weighted by Crippen LogP contribution is -2.29. The van der Waals surface area contributed by atoms with Crippen LogP contribution in [0.15, 0.2) is 35.4 Å². The highest BCUT2D eigenvalue weighted by Crippen LogP contribution is 2.33. The molecule has 0 unspecified atom stereocenters. The third-order valence-corrected chi connectivity index (χ3v) is 6.56. The monoisotopic (exact) mass is 475 g/mol. The van der Waals surface area contributed by atoms with E-state index in [9.17, 15) is 9.59 Å². The van der Waals surface area contributed by atoms with E-state index in [1.54, 1.807) is 30.1 Å². The van der Waals surface area contributed by atoms with Crippen LogP contribution in [0.5, 0.6) is 0 Å². The van der Waals surface area contributed by atoms with Gasteiger partial charge in [-0.1, -0.05) is 0 Å². The van der Waals surface area contributed by atoms with Crippen LogP contribution in [0.2, 0.25) is 0 Å². The number of ether oxygens (including phenoxy) is 1. The van der Waals surface area contributed by atoms with E-state index < -0.39 is 0 Å². The van der Waals surface area contributed by atoms with Crippen LogP contribution in [0.3, 0.4) is 0 Å². The van der Waals surface area contributed by atoms with Crippen molar-refractivity contribution in [3.63, 3.8) is 0 Å². The first kappa shape index (κ1) is 21.4. The minimum atomic E-state index is -0.272. The summed E-state index contributed by atoms with van der Waals surface area (Å²) in [6.45, 7) is 2.64. The molecule has 35 heavy (non-hydrogen) atoms. The number of aromatic nitrogens is 6. The van der Waals surface area contributed by atoms with Gasteiger partial charge in [0.05, 0.1) is 24.0 Å². The number of hydrogen-bond donors (Lipinski definition) is 3. The molecule has 1 aliphatic carbocycles. The van der Waals surface area contributed by atoms with Crippen LogP contribution in [0.4, 0.5) is 17.2 Å². The van der Waals surface area contributed by atoms with Crippen LogP contribution < -0.4 is 21.5 Å². The molecule has 180 valence electrons. The molecular weight excluding hydrogens is 450 g/mol. The Balaban J connectivity index is 1.38. The first-order valence-electron chi connectivity index (χ1n) is 11.4. The first-order valence-corrected chi connectivity index (χ1v) is 11.4. The van der Waals surface area contributed by atoms with Gasteiger partial charge in [0.2, 0.25) is 0 Å². The van der Waals surface area contributed by atoms with E-state index >= 15 is 0 Å². The predicted molar refractivity (Wildman–Crippen MR) is 129 cm³/mol. The van der Waals surface area contributed by atoms with Crippen LogP contribution in [-0.4, -0.2) is 60.7 Å². The number of amides is 1. The second-order valence-electron chi connectivity index (χ2n) is 8.84. The number of fused-ring (bicyclic) bond motifs is 3. The van der Waals surface area contributed by atoms with Crippen molar-refractivity contribution < 1.29 is 9.53 Å². The number of nitrogens with zero attached hydrogens (tertiary/aromatic N) is 6. The third kappa shape index (κ3) is 3.53. The number of nitrogens with one attached hydrogen (secondary N) is 3. The van der Waals surface area contributed by atoms with Crippen molar-refractivity contribution >= 4 is 28.7 Å². The summed E-state index contributed by atoms with van der Waals surface area (Å²) in [5.74, 6) is 0.765. The molecule has 3 N–H and O–H groups in total. The number of aryl methyl sites for hydroxylation is 2. The maximum absolute atomic E-state index is 13.3. The quantitative estimate of drug-likeness (QED) is 0.378. The van der Waals surface area contributed by atoms with Gasteiger partial charge in [-0.15, -0.1) is 5.10 Å². The summed E-state index contributed by atoms with van der Waals surface area (Å²) in [5, 5.41) is 18.6. The van der Waals surface area contributed by atoms with E-state index in [4.69, 9.17) is 9.84 Å². The SMILES string of the molecule is CO[C@H]1C[C@H]1NC(=O)c1cnc2c3c(c(Nc4cccn(-c5cc(C)n(C)n5)c4=O)nn12)CCN3. The van der Waals surface area contributed by atoms with Crippen molar-refractivity contribution in [3.05, 3.63) is 57.9 Å². The summed E-state index contributed by atoms with van der Waals surface area (Å²) in [6.07, 6.45) is 4.74. The van der Waals surface area contributed by atoms with Crippen molar-refractivity contribution in [2.75, 3.05) is 24.3 Å². The highest BCUT2D eigenvalue weighted by atomic mass is 16.5. The average Bonchev–Trinajstić information content (AvgIpc) is 3.17. The Kier molecular flexibility index (Phi) is 4.85. The Bertz CT molecular complexity index is 1510. The van der Waals surface area contributed by atoms with Gasteiger partial charge in [-0.25, -0.2) is 9.50 Å². The number of hydrogen-bond acceptors (Lipinski definition) is 8. The summed E-state index contributed by atoms with van der Waals surface area (Å²) >= 11 is 0. The maximum atomic E-state index is 13.3. The molecular formula is C23H25N9O3. The number of pyridine rings is 1. The van der Waals surface area contributed by atoms with Crippen LogP contribution in [0, 0.1) is 6.92 Å². The van der Waals surface area contributed by atoms with Crippen molar-refractivity contribution in [1.29, 1.82) is 0 Å². The Morgan fingerprint density at radius 1 is 1.31 bits per heavy atom. The summed E-state index contributed by atoms with van der Waals surface area (Å²) in [4.78, 5) is 30.6. The van der Waals surface area contributed by atoms with Crippen molar-refractivity contribution in [1.82, 2.24) is 34.3 Å². The highest BCUT2D eigenvalue weighted by molar-refractivity contribution is 5.95. The molecule has 6 rings (SSSR count). The second kappa shape index (κ2) is 7.94. The molecule has 2 aliphatic rings. The fourth-order valence-corrected chi connectivity index (χ4v) is 4.41. The van der Waals surface area contributed by atoms with Gasteiger partial charge in [-0.3, -0.25) is 18.8 Å². The minimum absolute atomic E-state index is 0.0128. The van der Waals surface area contributed by atoms with Crippen molar-refractivity contribution in [3.8, 4) is 5.82 Å². The summed E-state index contributed by atoms with van der Waals surface area (Å²) in [5.41, 5.74) is 3.64. The summed E-state index contributed by atoms with van der Waals surface area (Å²) in [6, 6.07) is 5.32. The van der Waals surface area contributed by atoms with Gasteiger partial charge in [0, 0.05) is 44.2 Å². The Labute approximate surface area is 199 Å². The first-order chi connectivity index (χ1) is 16.9. The Hall–Kier alpha value is -4.19. The predicted octanol–water partition coefficient (Wildman–Crippen LogP) is 1.15. The van der Waals surface area contributed by atoms with Gasteiger partial charge in [0.15, 0.2) is 23.0 Å². The zero-order valence-corrected chi connectivity index (χ0v) is 19.6. The van der Waals surface area contributed by atoms with Crippen LogP contribution in [-0.2, 0) is 18.2 Å². The van der Waals surface area contributed by atoms with Gasteiger partial charge >= 0.3 is 0 Å². The molecule has 1 amide bonds. The normalized spacial score (nSPS) is 18.4.